The lowest BCUT2D eigenvalue weighted by molar-refractivity contribution is -0.229. The minimum absolute atomic E-state index is 0.0534. The van der Waals surface area contributed by atoms with E-state index >= 15 is 0 Å². The predicted octanol–water partition coefficient (Wildman–Crippen LogP) is 0.712. The molecule has 0 heterocycles. The Bertz CT molecular complexity index is 202. The average Bonchev–Trinajstić information content (AvgIpc) is 1.92. The number of carbonyl (C=O) groups is 1. The summed E-state index contributed by atoms with van der Waals surface area (Å²) >= 11 is 0. The zero-order valence-corrected chi connectivity index (χ0v) is 7.30. The van der Waals surface area contributed by atoms with E-state index in [2.05, 4.69) is 0 Å². The molecule has 1 N–H and O–H groups in total. The monoisotopic (exact) mass is 170 g/mol. The Kier molecular flexibility index (Phi) is 1.49. The molecule has 3 fully saturated rings. The van der Waals surface area contributed by atoms with Gasteiger partial charge in [-0.05, 0) is 31.1 Å². The molecule has 0 unspecified atom stereocenters. The first-order chi connectivity index (χ1) is 5.66. The molecule has 0 aromatic carbocycles. The number of methoxy groups -OCH3 is 1. The standard InChI is InChI=1S/C9H14O3/c1-12-7(11)9-4-8(5-9,6-9)2-3-10/h10H,2-6H2,1H3. The van der Waals surface area contributed by atoms with Gasteiger partial charge in [0.2, 0.25) is 0 Å². The summed E-state index contributed by atoms with van der Waals surface area (Å²) in [4.78, 5) is 11.2. The second-order valence-electron chi connectivity index (χ2n) is 4.28. The number of esters is 1. The summed E-state index contributed by atoms with van der Waals surface area (Å²) in [7, 11) is 1.45. The highest BCUT2D eigenvalue weighted by Gasteiger charge is 2.71. The fourth-order valence-electron chi connectivity index (χ4n) is 2.93. The largest absolute Gasteiger partial charge is 0.469 e. The van der Waals surface area contributed by atoms with E-state index in [9.17, 15) is 4.79 Å². The number of rotatable bonds is 3. The van der Waals surface area contributed by atoms with Crippen molar-refractivity contribution in [2.45, 2.75) is 25.7 Å². The highest BCUT2D eigenvalue weighted by Crippen LogP contribution is 2.75. The third kappa shape index (κ3) is 0.774. The van der Waals surface area contributed by atoms with Gasteiger partial charge in [0.05, 0.1) is 12.5 Å². The second-order valence-corrected chi connectivity index (χ2v) is 4.28. The summed E-state index contributed by atoms with van der Waals surface area (Å²) < 4.78 is 4.72. The Morgan fingerprint density at radius 2 is 2.08 bits per heavy atom. The normalized spacial score (nSPS) is 42.8. The van der Waals surface area contributed by atoms with Crippen molar-refractivity contribution in [3.8, 4) is 0 Å². The molecule has 2 bridgehead atoms. The molecule has 0 saturated heterocycles. The van der Waals surface area contributed by atoms with Gasteiger partial charge in [-0.3, -0.25) is 4.79 Å². The average molecular weight is 170 g/mol. The van der Waals surface area contributed by atoms with Crippen LogP contribution >= 0.6 is 0 Å². The van der Waals surface area contributed by atoms with E-state index in [1.807, 2.05) is 0 Å². The van der Waals surface area contributed by atoms with Crippen LogP contribution in [0, 0.1) is 10.8 Å². The molecule has 0 atom stereocenters. The molecule has 3 aliphatic rings. The van der Waals surface area contributed by atoms with Crippen molar-refractivity contribution in [3.05, 3.63) is 0 Å². The number of ether oxygens (including phenoxy) is 1. The van der Waals surface area contributed by atoms with Gasteiger partial charge in [0, 0.05) is 6.61 Å². The summed E-state index contributed by atoms with van der Waals surface area (Å²) in [5.74, 6) is -0.0534. The van der Waals surface area contributed by atoms with Crippen LogP contribution in [0.25, 0.3) is 0 Å². The summed E-state index contributed by atoms with van der Waals surface area (Å²) in [5, 5.41) is 8.76. The van der Waals surface area contributed by atoms with Crippen molar-refractivity contribution < 1.29 is 14.6 Å². The number of hydrogen-bond donors (Lipinski definition) is 1. The van der Waals surface area contributed by atoms with Crippen LogP contribution in [0.15, 0.2) is 0 Å². The smallest absolute Gasteiger partial charge is 0.311 e. The fourth-order valence-corrected chi connectivity index (χ4v) is 2.93. The summed E-state index contributed by atoms with van der Waals surface area (Å²) in [6.07, 6.45) is 3.67. The van der Waals surface area contributed by atoms with E-state index in [1.165, 1.54) is 7.11 Å². The molecule has 3 nitrogen and oxygen atoms in total. The zero-order chi connectivity index (χ0) is 8.82. The Morgan fingerprint density at radius 1 is 1.50 bits per heavy atom. The lowest BCUT2D eigenvalue weighted by Crippen LogP contribution is -2.65. The van der Waals surface area contributed by atoms with E-state index in [0.717, 1.165) is 25.7 Å². The van der Waals surface area contributed by atoms with E-state index in [0.29, 0.717) is 5.41 Å². The van der Waals surface area contributed by atoms with Crippen molar-refractivity contribution in [2.75, 3.05) is 13.7 Å². The van der Waals surface area contributed by atoms with Gasteiger partial charge in [0.25, 0.3) is 0 Å². The maximum atomic E-state index is 11.2. The minimum Gasteiger partial charge on any atom is -0.469 e. The Hall–Kier alpha value is -0.570. The molecule has 3 aliphatic carbocycles. The van der Waals surface area contributed by atoms with Crippen molar-refractivity contribution in [2.24, 2.45) is 10.8 Å². The molecule has 3 saturated carbocycles. The third-order valence-corrected chi connectivity index (χ3v) is 3.40. The first kappa shape index (κ1) is 8.05. The summed E-state index contributed by atoms with van der Waals surface area (Å²) in [6.45, 7) is 0.247. The Balaban J connectivity index is 1.91. The number of aliphatic hydroxyl groups excluding tert-OH is 1. The highest BCUT2D eigenvalue weighted by atomic mass is 16.5. The number of aliphatic hydroxyl groups is 1. The molecular weight excluding hydrogens is 156 g/mol. The van der Waals surface area contributed by atoms with Crippen LogP contribution in [0.5, 0.6) is 0 Å². The maximum absolute atomic E-state index is 11.2. The van der Waals surface area contributed by atoms with Crippen molar-refractivity contribution >= 4 is 5.97 Å². The van der Waals surface area contributed by atoms with E-state index in [-0.39, 0.29) is 18.0 Å². The lowest BCUT2D eigenvalue weighted by atomic mass is 9.34. The SMILES string of the molecule is COC(=O)C12CC(CCO)(C1)C2. The van der Waals surface area contributed by atoms with Crippen LogP contribution in [-0.4, -0.2) is 24.8 Å². The van der Waals surface area contributed by atoms with Crippen molar-refractivity contribution in [1.29, 1.82) is 0 Å². The van der Waals surface area contributed by atoms with E-state index in [4.69, 9.17) is 9.84 Å². The minimum atomic E-state index is -0.135. The molecular formula is C9H14O3. The molecule has 0 aromatic heterocycles. The molecule has 0 amide bonds. The molecule has 0 aliphatic heterocycles. The van der Waals surface area contributed by atoms with Gasteiger partial charge in [-0.1, -0.05) is 0 Å². The molecule has 0 spiro atoms. The molecule has 0 radical (unpaired) electrons. The molecule has 3 rings (SSSR count). The second kappa shape index (κ2) is 2.22. The topological polar surface area (TPSA) is 46.5 Å². The van der Waals surface area contributed by atoms with E-state index < -0.39 is 0 Å². The van der Waals surface area contributed by atoms with Crippen LogP contribution < -0.4 is 0 Å². The van der Waals surface area contributed by atoms with Crippen LogP contribution in [-0.2, 0) is 9.53 Å². The van der Waals surface area contributed by atoms with Gasteiger partial charge in [-0.2, -0.15) is 0 Å². The van der Waals surface area contributed by atoms with Gasteiger partial charge < -0.3 is 9.84 Å². The summed E-state index contributed by atoms with van der Waals surface area (Å²) in [6, 6.07) is 0. The van der Waals surface area contributed by atoms with Crippen LogP contribution in [0.3, 0.4) is 0 Å². The molecule has 68 valence electrons. The van der Waals surface area contributed by atoms with E-state index in [1.54, 1.807) is 0 Å². The van der Waals surface area contributed by atoms with Gasteiger partial charge in [0.15, 0.2) is 0 Å². The van der Waals surface area contributed by atoms with Gasteiger partial charge in [-0.15, -0.1) is 0 Å². The third-order valence-electron chi connectivity index (χ3n) is 3.40. The first-order valence-electron chi connectivity index (χ1n) is 4.36. The van der Waals surface area contributed by atoms with Crippen LogP contribution in [0.2, 0.25) is 0 Å². The molecule has 0 aromatic rings. The van der Waals surface area contributed by atoms with Crippen molar-refractivity contribution in [1.82, 2.24) is 0 Å². The van der Waals surface area contributed by atoms with Crippen LogP contribution in [0.1, 0.15) is 25.7 Å². The predicted molar refractivity (Wildman–Crippen MR) is 42.4 cm³/mol. The number of hydrogen-bond acceptors (Lipinski definition) is 3. The first-order valence-corrected chi connectivity index (χ1v) is 4.36. The van der Waals surface area contributed by atoms with Crippen molar-refractivity contribution in [3.63, 3.8) is 0 Å². The lowest BCUT2D eigenvalue weighted by Gasteiger charge is -2.68. The molecule has 3 heteroatoms. The zero-order valence-electron chi connectivity index (χ0n) is 7.30. The summed E-state index contributed by atoms with van der Waals surface area (Å²) in [5.41, 5.74) is 0.173. The number of carbonyl (C=O) groups excluding carboxylic acids is 1. The Labute approximate surface area is 71.7 Å². The maximum Gasteiger partial charge on any atom is 0.311 e. The Morgan fingerprint density at radius 3 is 2.50 bits per heavy atom. The van der Waals surface area contributed by atoms with Gasteiger partial charge >= 0.3 is 5.97 Å². The van der Waals surface area contributed by atoms with Crippen LogP contribution in [0.4, 0.5) is 0 Å². The van der Waals surface area contributed by atoms with Gasteiger partial charge in [-0.25, -0.2) is 0 Å². The fraction of sp³-hybridized carbons (Fsp3) is 0.889. The quantitative estimate of drug-likeness (QED) is 0.634. The highest BCUT2D eigenvalue weighted by molar-refractivity contribution is 5.81. The van der Waals surface area contributed by atoms with Gasteiger partial charge in [0.1, 0.15) is 0 Å². The molecule has 12 heavy (non-hydrogen) atoms.